The zero-order chi connectivity index (χ0) is 23.7. The Balaban J connectivity index is 1.58. The number of aromatic nitrogens is 1. The maximum atomic E-state index is 13.6. The van der Waals surface area contributed by atoms with Gasteiger partial charge in [0.15, 0.2) is 5.78 Å². The number of benzene rings is 1. The second-order valence-corrected chi connectivity index (χ2v) is 9.46. The summed E-state index contributed by atoms with van der Waals surface area (Å²) in [5.74, 6) is 0.574. The van der Waals surface area contributed by atoms with Crippen LogP contribution < -0.4 is 15.4 Å². The third-order valence-electron chi connectivity index (χ3n) is 6.35. The van der Waals surface area contributed by atoms with E-state index in [2.05, 4.69) is 21.7 Å². The fourth-order valence-corrected chi connectivity index (χ4v) is 5.67. The Hall–Kier alpha value is -3.71. The van der Waals surface area contributed by atoms with Crippen molar-refractivity contribution in [3.63, 3.8) is 0 Å². The summed E-state index contributed by atoms with van der Waals surface area (Å²) in [4.78, 5) is 32.6. The molecule has 2 N–H and O–H groups in total. The van der Waals surface area contributed by atoms with Gasteiger partial charge in [0.05, 0.1) is 7.11 Å². The summed E-state index contributed by atoms with van der Waals surface area (Å²) in [5, 5.41) is 8.36. The summed E-state index contributed by atoms with van der Waals surface area (Å²) in [6, 6.07) is 17.1. The maximum absolute atomic E-state index is 13.6. The summed E-state index contributed by atoms with van der Waals surface area (Å²) >= 11 is 1.68. The molecule has 1 aliphatic carbocycles. The molecule has 6 nitrogen and oxygen atoms in total. The Labute approximate surface area is 202 Å². The molecule has 7 heteroatoms. The first-order valence-electron chi connectivity index (χ1n) is 11.2. The highest BCUT2D eigenvalue weighted by Gasteiger charge is 2.41. The zero-order valence-corrected chi connectivity index (χ0v) is 19.8. The molecule has 5 rings (SSSR count). The Morgan fingerprint density at radius 3 is 2.76 bits per heavy atom. The molecule has 1 aromatic carbocycles. The Morgan fingerprint density at radius 1 is 1.15 bits per heavy atom. The predicted molar refractivity (Wildman–Crippen MR) is 133 cm³/mol. The number of carbonyl (C=O) groups is 2. The molecule has 34 heavy (non-hydrogen) atoms. The minimum absolute atomic E-state index is 0.0654. The molecule has 3 heterocycles. The average Bonchev–Trinajstić information content (AvgIpc) is 3.39. The predicted octanol–water partition coefficient (Wildman–Crippen LogP) is 5.15. The lowest BCUT2D eigenvalue weighted by Gasteiger charge is -2.36. The van der Waals surface area contributed by atoms with Crippen LogP contribution in [-0.2, 0) is 9.59 Å². The number of anilines is 1. The van der Waals surface area contributed by atoms with Crippen LogP contribution in [0.4, 0.5) is 5.82 Å². The van der Waals surface area contributed by atoms with Crippen molar-refractivity contribution in [2.24, 2.45) is 0 Å². The second kappa shape index (κ2) is 9.27. The molecule has 0 bridgehead atoms. The van der Waals surface area contributed by atoms with Gasteiger partial charge in [0.25, 0.3) is 5.91 Å². The van der Waals surface area contributed by atoms with E-state index in [-0.39, 0.29) is 17.6 Å². The quantitative estimate of drug-likeness (QED) is 0.538. The standard InChI is InChI=1S/C27H25N3O3S/c1-16-24(27(32)30-23-10-3-4-11-28-23)25(17-7-5-8-19(13-17)33-2)26-20(29-16)14-18(15-21(26)31)22-9-6-12-34-22/h3-13,18,25,29H,14-15H2,1-2H3,(H,28,30,32)/t18-,25+/m0/s1. The van der Waals surface area contributed by atoms with Gasteiger partial charge in [-0.3, -0.25) is 9.59 Å². The molecule has 1 aliphatic heterocycles. The van der Waals surface area contributed by atoms with E-state index in [4.69, 9.17) is 4.74 Å². The molecule has 2 aromatic heterocycles. The highest BCUT2D eigenvalue weighted by molar-refractivity contribution is 7.10. The van der Waals surface area contributed by atoms with Crippen LogP contribution in [-0.4, -0.2) is 23.8 Å². The van der Waals surface area contributed by atoms with E-state index in [1.54, 1.807) is 36.8 Å². The van der Waals surface area contributed by atoms with Gasteiger partial charge in [-0.2, -0.15) is 0 Å². The normalized spacial score (nSPS) is 20.0. The molecule has 0 fully saturated rings. The number of nitrogens with zero attached hydrogens (tertiary/aromatic N) is 1. The fraction of sp³-hybridized carbons (Fsp3) is 0.222. The van der Waals surface area contributed by atoms with Crippen molar-refractivity contribution >= 4 is 28.8 Å². The van der Waals surface area contributed by atoms with Crippen molar-refractivity contribution in [3.05, 3.63) is 99.2 Å². The van der Waals surface area contributed by atoms with E-state index in [0.29, 0.717) is 29.1 Å². The molecular formula is C27H25N3O3S. The van der Waals surface area contributed by atoms with Gasteiger partial charge >= 0.3 is 0 Å². The number of Topliss-reactive ketones (excluding diaryl/α,β-unsaturated/α-hetero) is 1. The first-order chi connectivity index (χ1) is 16.5. The third-order valence-corrected chi connectivity index (χ3v) is 7.39. The fourth-order valence-electron chi connectivity index (χ4n) is 4.84. The number of thiophene rings is 1. The highest BCUT2D eigenvalue weighted by Crippen LogP contribution is 2.46. The van der Waals surface area contributed by atoms with Gasteiger partial charge in [-0.05, 0) is 54.6 Å². The maximum Gasteiger partial charge on any atom is 0.255 e. The van der Waals surface area contributed by atoms with E-state index < -0.39 is 5.92 Å². The van der Waals surface area contributed by atoms with Crippen molar-refractivity contribution in [2.45, 2.75) is 31.6 Å². The molecule has 0 spiro atoms. The van der Waals surface area contributed by atoms with Gasteiger partial charge in [0, 0.05) is 51.9 Å². The Kier molecular flexibility index (Phi) is 6.02. The number of dihydropyridines is 1. The molecule has 2 atom stereocenters. The Morgan fingerprint density at radius 2 is 2.03 bits per heavy atom. The van der Waals surface area contributed by atoms with Crippen LogP contribution in [0.15, 0.2) is 88.7 Å². The van der Waals surface area contributed by atoms with Gasteiger partial charge in [-0.1, -0.05) is 24.3 Å². The smallest absolute Gasteiger partial charge is 0.255 e. The van der Waals surface area contributed by atoms with Crippen LogP contribution in [0.25, 0.3) is 0 Å². The number of amides is 1. The van der Waals surface area contributed by atoms with Crippen molar-refractivity contribution < 1.29 is 14.3 Å². The lowest BCUT2D eigenvalue weighted by Crippen LogP contribution is -2.37. The van der Waals surface area contributed by atoms with Crippen LogP contribution >= 0.6 is 11.3 Å². The first kappa shape index (κ1) is 22.1. The molecule has 0 unspecified atom stereocenters. The summed E-state index contributed by atoms with van der Waals surface area (Å²) in [6.07, 6.45) is 2.79. The third kappa shape index (κ3) is 4.15. The zero-order valence-electron chi connectivity index (χ0n) is 19.0. The lowest BCUT2D eigenvalue weighted by atomic mass is 9.72. The number of hydrogen-bond donors (Lipinski definition) is 2. The van der Waals surface area contributed by atoms with Crippen LogP contribution in [0, 0.1) is 0 Å². The van der Waals surface area contributed by atoms with E-state index in [1.165, 1.54) is 4.88 Å². The number of ketones is 1. The summed E-state index contributed by atoms with van der Waals surface area (Å²) in [5.41, 5.74) is 3.66. The van der Waals surface area contributed by atoms with Crippen LogP contribution in [0.3, 0.4) is 0 Å². The number of allylic oxidation sites excluding steroid dienone is 3. The highest BCUT2D eigenvalue weighted by atomic mass is 32.1. The first-order valence-corrected chi connectivity index (χ1v) is 12.1. The SMILES string of the molecule is COc1cccc([C@@H]2C(C(=O)Nc3ccccn3)=C(C)NC3=C2C(=O)C[C@@H](c2cccs2)C3)c1. The molecule has 0 saturated heterocycles. The van der Waals surface area contributed by atoms with Crippen molar-refractivity contribution in [1.29, 1.82) is 0 Å². The molecule has 1 amide bonds. The van der Waals surface area contributed by atoms with Gasteiger partial charge in [-0.25, -0.2) is 4.98 Å². The van der Waals surface area contributed by atoms with Crippen molar-refractivity contribution in [2.75, 3.05) is 12.4 Å². The molecule has 2 aliphatic rings. The molecule has 172 valence electrons. The largest absolute Gasteiger partial charge is 0.497 e. The van der Waals surface area contributed by atoms with E-state index in [1.807, 2.05) is 48.7 Å². The number of nitrogens with one attached hydrogen (secondary N) is 2. The number of ether oxygens (including phenoxy) is 1. The average molecular weight is 472 g/mol. The van der Waals surface area contributed by atoms with E-state index in [0.717, 1.165) is 23.4 Å². The van der Waals surface area contributed by atoms with E-state index >= 15 is 0 Å². The Bertz CT molecular complexity index is 1300. The summed E-state index contributed by atoms with van der Waals surface area (Å²) < 4.78 is 5.45. The number of hydrogen-bond acceptors (Lipinski definition) is 6. The van der Waals surface area contributed by atoms with Gasteiger partial charge in [0.2, 0.25) is 0 Å². The second-order valence-electron chi connectivity index (χ2n) is 8.48. The van der Waals surface area contributed by atoms with Crippen molar-refractivity contribution in [3.8, 4) is 5.75 Å². The minimum Gasteiger partial charge on any atom is -0.497 e. The number of carbonyl (C=O) groups excluding carboxylic acids is 2. The van der Waals surface area contributed by atoms with Crippen LogP contribution in [0.2, 0.25) is 0 Å². The summed E-state index contributed by atoms with van der Waals surface area (Å²) in [7, 11) is 1.61. The molecular weight excluding hydrogens is 446 g/mol. The monoisotopic (exact) mass is 471 g/mol. The number of methoxy groups -OCH3 is 1. The van der Waals surface area contributed by atoms with Gasteiger partial charge in [-0.15, -0.1) is 11.3 Å². The van der Waals surface area contributed by atoms with Gasteiger partial charge < -0.3 is 15.4 Å². The molecule has 0 saturated carbocycles. The molecule has 0 radical (unpaired) electrons. The topological polar surface area (TPSA) is 80.3 Å². The van der Waals surface area contributed by atoms with Crippen molar-refractivity contribution in [1.82, 2.24) is 10.3 Å². The van der Waals surface area contributed by atoms with Gasteiger partial charge in [0.1, 0.15) is 11.6 Å². The summed E-state index contributed by atoms with van der Waals surface area (Å²) in [6.45, 7) is 1.89. The van der Waals surface area contributed by atoms with E-state index in [9.17, 15) is 9.59 Å². The minimum atomic E-state index is -0.494. The van der Waals surface area contributed by atoms with Crippen LogP contribution in [0.5, 0.6) is 5.75 Å². The number of rotatable bonds is 5. The molecule has 3 aromatic rings. The van der Waals surface area contributed by atoms with Crippen LogP contribution in [0.1, 0.15) is 42.0 Å². The number of pyridine rings is 1. The lowest BCUT2D eigenvalue weighted by molar-refractivity contribution is -0.116.